The van der Waals surface area contributed by atoms with Crippen LogP contribution in [0.15, 0.2) is 54.6 Å². The van der Waals surface area contributed by atoms with E-state index in [1.54, 1.807) is 31.4 Å². The van der Waals surface area contributed by atoms with Crippen molar-refractivity contribution < 1.29 is 24.2 Å². The summed E-state index contributed by atoms with van der Waals surface area (Å²) < 4.78 is 10.6. The smallest absolute Gasteiger partial charge is 0.321 e. The Hall–Kier alpha value is -2.90. The average Bonchev–Trinajstić information content (AvgIpc) is 2.66. The number of hydrogen-bond acceptors (Lipinski definition) is 5. The molecule has 144 valence electrons. The number of anilines is 1. The van der Waals surface area contributed by atoms with Crippen molar-refractivity contribution in [3.8, 4) is 11.5 Å². The molecule has 7 nitrogen and oxygen atoms in total. The van der Waals surface area contributed by atoms with Gasteiger partial charge in [-0.15, -0.1) is 0 Å². The molecule has 0 aliphatic rings. The van der Waals surface area contributed by atoms with Gasteiger partial charge in [0.1, 0.15) is 17.5 Å². The molecular formula is C20H24N2O5. The van der Waals surface area contributed by atoms with Gasteiger partial charge in [-0.3, -0.25) is 9.59 Å². The summed E-state index contributed by atoms with van der Waals surface area (Å²) in [5, 5.41) is 14.8. The average molecular weight is 372 g/mol. The highest BCUT2D eigenvalue weighted by atomic mass is 16.5. The number of hydrogen-bond donors (Lipinski definition) is 3. The number of benzene rings is 2. The van der Waals surface area contributed by atoms with E-state index in [1.165, 1.54) is 0 Å². The van der Waals surface area contributed by atoms with Gasteiger partial charge >= 0.3 is 5.97 Å². The van der Waals surface area contributed by atoms with E-state index in [9.17, 15) is 14.7 Å². The second-order valence-electron chi connectivity index (χ2n) is 5.88. The summed E-state index contributed by atoms with van der Waals surface area (Å²) in [4.78, 5) is 23.4. The van der Waals surface area contributed by atoms with Gasteiger partial charge in [0, 0.05) is 19.4 Å². The Kier molecular flexibility index (Phi) is 8.28. The summed E-state index contributed by atoms with van der Waals surface area (Å²) in [7, 11) is 1.58. The predicted octanol–water partition coefficient (Wildman–Crippen LogP) is 2.89. The Balaban J connectivity index is 1.84. The van der Waals surface area contributed by atoms with Crippen LogP contribution in [-0.2, 0) is 14.3 Å². The quantitative estimate of drug-likeness (QED) is 0.525. The van der Waals surface area contributed by atoms with Crippen LogP contribution in [0.5, 0.6) is 11.5 Å². The zero-order valence-electron chi connectivity index (χ0n) is 15.2. The van der Waals surface area contributed by atoms with Crippen molar-refractivity contribution in [3.63, 3.8) is 0 Å². The molecule has 27 heavy (non-hydrogen) atoms. The van der Waals surface area contributed by atoms with Crippen LogP contribution < -0.4 is 15.4 Å². The molecular weight excluding hydrogens is 348 g/mol. The number of carboxylic acid groups (broad SMARTS) is 1. The minimum Gasteiger partial charge on any atom is -0.480 e. The van der Waals surface area contributed by atoms with Gasteiger partial charge in [0.05, 0.1) is 6.42 Å². The van der Waals surface area contributed by atoms with Crippen LogP contribution in [0, 0.1) is 0 Å². The van der Waals surface area contributed by atoms with E-state index >= 15 is 0 Å². The Labute approximate surface area is 158 Å². The van der Waals surface area contributed by atoms with Crippen molar-refractivity contribution in [1.82, 2.24) is 5.32 Å². The largest absolute Gasteiger partial charge is 0.480 e. The van der Waals surface area contributed by atoms with Gasteiger partial charge < -0.3 is 25.2 Å². The van der Waals surface area contributed by atoms with Gasteiger partial charge in [-0.25, -0.2) is 0 Å². The van der Waals surface area contributed by atoms with Gasteiger partial charge in [0.15, 0.2) is 0 Å². The summed E-state index contributed by atoms with van der Waals surface area (Å²) >= 11 is 0. The second-order valence-corrected chi connectivity index (χ2v) is 5.88. The Morgan fingerprint density at radius 1 is 1.04 bits per heavy atom. The van der Waals surface area contributed by atoms with Crippen molar-refractivity contribution in [2.24, 2.45) is 0 Å². The van der Waals surface area contributed by atoms with Gasteiger partial charge in [-0.05, 0) is 49.4 Å². The van der Waals surface area contributed by atoms with Crippen LogP contribution in [-0.4, -0.2) is 43.3 Å². The number of carbonyl (C=O) groups is 2. The normalized spacial score (nSPS) is 11.6. The predicted molar refractivity (Wildman–Crippen MR) is 102 cm³/mol. The number of carboxylic acids is 1. The minimum atomic E-state index is -1.06. The van der Waals surface area contributed by atoms with Gasteiger partial charge in [-0.2, -0.15) is 0 Å². The lowest BCUT2D eigenvalue weighted by atomic mass is 10.2. The monoisotopic (exact) mass is 372 g/mol. The number of rotatable bonds is 11. The summed E-state index contributed by atoms with van der Waals surface area (Å²) in [6.45, 7) is 0.993. The standard InChI is InChI=1S/C20H24N2O5/c1-26-13-5-12-21-18(20(24)25)14-19(23)22-15-8-10-17(11-9-15)27-16-6-3-2-4-7-16/h2-4,6-11,18,21H,5,12-14H2,1H3,(H,22,23)(H,24,25)/t18-/m1/s1. The first-order chi connectivity index (χ1) is 13.1. The fourth-order valence-electron chi connectivity index (χ4n) is 2.37. The maximum Gasteiger partial charge on any atom is 0.321 e. The Bertz CT molecular complexity index is 719. The number of carbonyl (C=O) groups excluding carboxylic acids is 1. The van der Waals surface area contributed by atoms with E-state index in [-0.39, 0.29) is 12.3 Å². The van der Waals surface area contributed by atoms with E-state index in [1.807, 2.05) is 30.3 Å². The number of aliphatic carboxylic acids is 1. The summed E-state index contributed by atoms with van der Waals surface area (Å²) in [5.74, 6) is -0.0758. The summed E-state index contributed by atoms with van der Waals surface area (Å²) in [6.07, 6.45) is 0.509. The molecule has 0 aliphatic carbocycles. The molecule has 0 heterocycles. The molecule has 7 heteroatoms. The van der Waals surface area contributed by atoms with Crippen molar-refractivity contribution >= 4 is 17.6 Å². The van der Waals surface area contributed by atoms with Crippen molar-refractivity contribution in [3.05, 3.63) is 54.6 Å². The lowest BCUT2D eigenvalue weighted by Gasteiger charge is -2.14. The fraction of sp³-hybridized carbons (Fsp3) is 0.300. The third-order valence-electron chi connectivity index (χ3n) is 3.72. The SMILES string of the molecule is COCCCN[C@H](CC(=O)Nc1ccc(Oc2ccccc2)cc1)C(=O)O. The molecule has 2 rings (SSSR count). The number of ether oxygens (including phenoxy) is 2. The number of para-hydroxylation sites is 1. The van der Waals surface area contributed by atoms with E-state index in [0.717, 1.165) is 5.75 Å². The van der Waals surface area contributed by atoms with Crippen LogP contribution in [0.1, 0.15) is 12.8 Å². The van der Waals surface area contributed by atoms with Crippen LogP contribution in [0.3, 0.4) is 0 Å². The fourth-order valence-corrected chi connectivity index (χ4v) is 2.37. The molecule has 1 atom stereocenters. The molecule has 0 fully saturated rings. The lowest BCUT2D eigenvalue weighted by Crippen LogP contribution is -2.40. The molecule has 0 saturated carbocycles. The summed E-state index contributed by atoms with van der Waals surface area (Å²) in [6, 6.07) is 15.3. The van der Waals surface area contributed by atoms with Crippen molar-refractivity contribution in [2.75, 3.05) is 25.6 Å². The molecule has 2 aromatic carbocycles. The Morgan fingerprint density at radius 3 is 2.33 bits per heavy atom. The first kappa shape index (κ1) is 20.4. The van der Waals surface area contributed by atoms with E-state index in [2.05, 4.69) is 10.6 Å². The molecule has 0 bridgehead atoms. The van der Waals surface area contributed by atoms with E-state index in [4.69, 9.17) is 9.47 Å². The first-order valence-corrected chi connectivity index (χ1v) is 8.66. The lowest BCUT2D eigenvalue weighted by molar-refractivity contribution is -0.141. The molecule has 0 unspecified atom stereocenters. The topological polar surface area (TPSA) is 96.9 Å². The maximum atomic E-state index is 12.1. The molecule has 3 N–H and O–H groups in total. The molecule has 0 aliphatic heterocycles. The zero-order chi connectivity index (χ0) is 19.5. The molecule has 2 aromatic rings. The van der Waals surface area contributed by atoms with Gasteiger partial charge in [-0.1, -0.05) is 18.2 Å². The number of methoxy groups -OCH3 is 1. The zero-order valence-corrected chi connectivity index (χ0v) is 15.2. The molecule has 0 aromatic heterocycles. The van der Waals surface area contributed by atoms with Crippen LogP contribution in [0.4, 0.5) is 5.69 Å². The van der Waals surface area contributed by atoms with Crippen molar-refractivity contribution in [1.29, 1.82) is 0 Å². The minimum absolute atomic E-state index is 0.162. The highest BCUT2D eigenvalue weighted by Crippen LogP contribution is 2.22. The maximum absolute atomic E-state index is 12.1. The van der Waals surface area contributed by atoms with E-state index in [0.29, 0.717) is 31.0 Å². The van der Waals surface area contributed by atoms with Crippen LogP contribution in [0.25, 0.3) is 0 Å². The molecule has 0 saturated heterocycles. The third kappa shape index (κ3) is 7.47. The molecule has 1 amide bonds. The van der Waals surface area contributed by atoms with Crippen LogP contribution in [0.2, 0.25) is 0 Å². The summed E-state index contributed by atoms with van der Waals surface area (Å²) in [5.41, 5.74) is 0.573. The Morgan fingerprint density at radius 2 is 1.70 bits per heavy atom. The first-order valence-electron chi connectivity index (χ1n) is 8.66. The third-order valence-corrected chi connectivity index (χ3v) is 3.72. The number of nitrogens with one attached hydrogen (secondary N) is 2. The highest BCUT2D eigenvalue weighted by Gasteiger charge is 2.20. The van der Waals surface area contributed by atoms with Crippen LogP contribution >= 0.6 is 0 Å². The highest BCUT2D eigenvalue weighted by molar-refractivity contribution is 5.94. The van der Waals surface area contributed by atoms with Crippen molar-refractivity contribution in [2.45, 2.75) is 18.9 Å². The molecule has 0 radical (unpaired) electrons. The van der Waals surface area contributed by atoms with E-state index < -0.39 is 12.0 Å². The van der Waals surface area contributed by atoms with Gasteiger partial charge in [0.25, 0.3) is 0 Å². The van der Waals surface area contributed by atoms with Gasteiger partial charge in [0.2, 0.25) is 5.91 Å². The second kappa shape index (κ2) is 10.9. The molecule has 0 spiro atoms. The number of amides is 1.